The van der Waals surface area contributed by atoms with Crippen LogP contribution in [0.25, 0.3) is 10.9 Å². The number of ether oxygens (including phenoxy) is 2. The monoisotopic (exact) mass is 522 g/mol. The van der Waals surface area contributed by atoms with Crippen LogP contribution in [0, 0.1) is 0 Å². The van der Waals surface area contributed by atoms with Crippen LogP contribution in [0.5, 0.6) is 5.75 Å². The Kier molecular flexibility index (Phi) is 6.94. The van der Waals surface area contributed by atoms with Gasteiger partial charge in [-0.15, -0.1) is 0 Å². The first-order valence-corrected chi connectivity index (χ1v) is 14.0. The molecule has 2 aliphatic carbocycles. The maximum Gasteiger partial charge on any atom is 0.337 e. The van der Waals surface area contributed by atoms with Crippen LogP contribution in [0.4, 0.5) is 0 Å². The van der Waals surface area contributed by atoms with Gasteiger partial charge in [0.05, 0.1) is 18.2 Å². The molecule has 0 amide bonds. The summed E-state index contributed by atoms with van der Waals surface area (Å²) in [6.45, 7) is 1.93. The minimum absolute atomic E-state index is 0.0155. The topological polar surface area (TPSA) is 77.5 Å². The van der Waals surface area contributed by atoms with Gasteiger partial charge in [0, 0.05) is 46.8 Å². The lowest BCUT2D eigenvalue weighted by Gasteiger charge is -2.37. The first kappa shape index (κ1) is 25.4. The van der Waals surface area contributed by atoms with Crippen molar-refractivity contribution in [2.24, 2.45) is 0 Å². The number of methoxy groups -OCH3 is 1. The van der Waals surface area contributed by atoms with Gasteiger partial charge in [-0.2, -0.15) is 0 Å². The van der Waals surface area contributed by atoms with E-state index in [1.54, 1.807) is 13.3 Å². The number of para-hydroxylation sites is 2. The Hall–Kier alpha value is -3.93. The number of carbonyl (C=O) groups is 2. The molecule has 0 unspecified atom stereocenters. The summed E-state index contributed by atoms with van der Waals surface area (Å²) in [7, 11) is 1.66. The van der Waals surface area contributed by atoms with E-state index >= 15 is 0 Å². The third-order valence-corrected chi connectivity index (χ3v) is 8.45. The van der Waals surface area contributed by atoms with Crippen LogP contribution in [-0.2, 0) is 14.3 Å². The second kappa shape index (κ2) is 10.7. The summed E-state index contributed by atoms with van der Waals surface area (Å²) >= 11 is 0. The summed E-state index contributed by atoms with van der Waals surface area (Å²) in [5, 5.41) is 4.42. The largest absolute Gasteiger partial charge is 0.496 e. The van der Waals surface area contributed by atoms with Crippen molar-refractivity contribution in [3.63, 3.8) is 0 Å². The highest BCUT2D eigenvalue weighted by Crippen LogP contribution is 2.48. The number of ketones is 1. The van der Waals surface area contributed by atoms with Crippen LogP contribution in [0.15, 0.2) is 83.3 Å². The molecule has 0 bridgehead atoms. The van der Waals surface area contributed by atoms with Gasteiger partial charge in [0.15, 0.2) is 5.78 Å². The van der Waals surface area contributed by atoms with Gasteiger partial charge in [0.2, 0.25) is 0 Å². The second-order valence-corrected chi connectivity index (χ2v) is 10.8. The third kappa shape index (κ3) is 4.73. The van der Waals surface area contributed by atoms with Gasteiger partial charge < -0.3 is 14.8 Å². The molecule has 39 heavy (non-hydrogen) atoms. The van der Waals surface area contributed by atoms with Crippen LogP contribution in [0.1, 0.15) is 74.8 Å². The highest BCUT2D eigenvalue weighted by atomic mass is 16.5. The van der Waals surface area contributed by atoms with E-state index in [1.165, 1.54) is 6.42 Å². The standard InChI is InChI=1S/C33H34N2O4/c1-20-30(33(37)39-22-10-4-3-5-11-22)31(25-16-17-34-26-14-8-6-13-24(25)26)32-27(35-20)18-21(19-28(32)36)23-12-7-9-15-29(23)38-2/h6-9,12-17,21-22,31,35H,3-5,10-11,18-19H2,1-2H3/t21-,31-/m1/s1. The van der Waals surface area contributed by atoms with E-state index in [1.807, 2.05) is 61.5 Å². The normalized spacial score (nSPS) is 21.9. The average Bonchev–Trinajstić information content (AvgIpc) is 2.96. The number of Topliss-reactive ketones (excluding diaryl/α,β-unsaturated/α-hetero) is 1. The second-order valence-electron chi connectivity index (χ2n) is 10.8. The lowest BCUT2D eigenvalue weighted by Crippen LogP contribution is -2.37. The number of hydrogen-bond acceptors (Lipinski definition) is 6. The summed E-state index contributed by atoms with van der Waals surface area (Å²) in [5.74, 6) is -0.0319. The summed E-state index contributed by atoms with van der Waals surface area (Å²) in [4.78, 5) is 32.5. The first-order valence-electron chi connectivity index (χ1n) is 14.0. The van der Waals surface area contributed by atoms with Crippen molar-refractivity contribution in [3.8, 4) is 5.75 Å². The number of dihydropyridines is 1. The first-order chi connectivity index (χ1) is 19.0. The molecule has 0 spiro atoms. The maximum absolute atomic E-state index is 14.1. The van der Waals surface area contributed by atoms with Crippen LogP contribution < -0.4 is 10.1 Å². The quantitative estimate of drug-likeness (QED) is 0.387. The van der Waals surface area contributed by atoms with Gasteiger partial charge in [-0.1, -0.05) is 42.8 Å². The van der Waals surface area contributed by atoms with Crippen LogP contribution in [0.3, 0.4) is 0 Å². The fourth-order valence-corrected chi connectivity index (χ4v) is 6.61. The molecular weight excluding hydrogens is 488 g/mol. The Morgan fingerprint density at radius 1 is 0.949 bits per heavy atom. The van der Waals surface area contributed by atoms with Crippen LogP contribution in [0.2, 0.25) is 0 Å². The van der Waals surface area contributed by atoms with E-state index in [-0.39, 0.29) is 23.8 Å². The summed E-state index contributed by atoms with van der Waals surface area (Å²) in [5.41, 5.74) is 5.58. The van der Waals surface area contributed by atoms with Crippen molar-refractivity contribution in [2.75, 3.05) is 7.11 Å². The number of allylic oxidation sites excluding steroid dienone is 3. The van der Waals surface area contributed by atoms with Crippen molar-refractivity contribution in [2.45, 2.75) is 69.8 Å². The Morgan fingerprint density at radius 2 is 1.72 bits per heavy atom. The van der Waals surface area contributed by atoms with E-state index in [0.29, 0.717) is 24.0 Å². The molecule has 1 saturated carbocycles. The summed E-state index contributed by atoms with van der Waals surface area (Å²) < 4.78 is 11.7. The molecule has 3 aromatic rings. The molecule has 2 heterocycles. The highest BCUT2D eigenvalue weighted by molar-refractivity contribution is 6.05. The predicted molar refractivity (Wildman–Crippen MR) is 150 cm³/mol. The number of benzene rings is 2. The Balaban J connectivity index is 1.45. The summed E-state index contributed by atoms with van der Waals surface area (Å²) in [6, 6.07) is 17.8. The zero-order valence-electron chi connectivity index (χ0n) is 22.5. The summed E-state index contributed by atoms with van der Waals surface area (Å²) in [6.07, 6.45) is 7.81. The van der Waals surface area contributed by atoms with E-state index in [0.717, 1.165) is 64.9 Å². The Morgan fingerprint density at radius 3 is 2.54 bits per heavy atom. The lowest BCUT2D eigenvalue weighted by molar-refractivity contribution is -0.146. The smallest absolute Gasteiger partial charge is 0.337 e. The lowest BCUT2D eigenvalue weighted by atomic mass is 9.71. The minimum atomic E-state index is -0.517. The zero-order valence-corrected chi connectivity index (χ0v) is 22.5. The molecule has 6 heteroatoms. The molecule has 6 rings (SSSR count). The number of pyridine rings is 1. The molecule has 0 saturated heterocycles. The third-order valence-electron chi connectivity index (χ3n) is 8.45. The molecule has 3 aliphatic rings. The van der Waals surface area contributed by atoms with Gasteiger partial charge in [0.25, 0.3) is 0 Å². The number of nitrogens with zero attached hydrogens (tertiary/aromatic N) is 1. The zero-order chi connectivity index (χ0) is 26.9. The number of nitrogens with one attached hydrogen (secondary N) is 1. The van der Waals surface area contributed by atoms with Crippen LogP contribution in [-0.4, -0.2) is 30.0 Å². The van der Waals surface area contributed by atoms with E-state index in [2.05, 4.69) is 10.3 Å². The highest BCUT2D eigenvalue weighted by Gasteiger charge is 2.42. The van der Waals surface area contributed by atoms with Gasteiger partial charge >= 0.3 is 5.97 Å². The predicted octanol–water partition coefficient (Wildman–Crippen LogP) is 6.48. The average molecular weight is 523 g/mol. The van der Waals surface area contributed by atoms with Gasteiger partial charge in [-0.05, 0) is 68.4 Å². The van der Waals surface area contributed by atoms with E-state index < -0.39 is 5.92 Å². The SMILES string of the molecule is COc1ccccc1[C@H]1CC(=O)C2=C(C1)NC(C)=C(C(=O)OC1CCCCC1)[C@H]2c1ccnc2ccccc12. The maximum atomic E-state index is 14.1. The minimum Gasteiger partial charge on any atom is -0.496 e. The molecule has 6 nitrogen and oxygen atoms in total. The van der Waals surface area contributed by atoms with Gasteiger partial charge in [0.1, 0.15) is 11.9 Å². The van der Waals surface area contributed by atoms with Gasteiger partial charge in [-0.25, -0.2) is 4.79 Å². The number of fused-ring (bicyclic) bond motifs is 1. The van der Waals surface area contributed by atoms with Crippen LogP contribution >= 0.6 is 0 Å². The van der Waals surface area contributed by atoms with Crippen molar-refractivity contribution in [3.05, 3.63) is 94.5 Å². The van der Waals surface area contributed by atoms with E-state index in [4.69, 9.17) is 9.47 Å². The number of aromatic nitrogens is 1. The van der Waals surface area contributed by atoms with Crippen molar-refractivity contribution >= 4 is 22.7 Å². The number of esters is 1. The molecule has 1 fully saturated rings. The number of hydrogen-bond donors (Lipinski definition) is 1. The number of rotatable bonds is 5. The van der Waals surface area contributed by atoms with Crippen molar-refractivity contribution in [1.82, 2.24) is 10.3 Å². The molecule has 2 atom stereocenters. The molecule has 0 radical (unpaired) electrons. The Labute approximate surface area is 229 Å². The molecule has 200 valence electrons. The molecule has 1 aliphatic heterocycles. The van der Waals surface area contributed by atoms with Crippen molar-refractivity contribution < 1.29 is 19.1 Å². The number of carbonyl (C=O) groups excluding carboxylic acids is 2. The fraction of sp³-hybridized carbons (Fsp3) is 0.364. The van der Waals surface area contributed by atoms with Gasteiger partial charge in [-0.3, -0.25) is 9.78 Å². The van der Waals surface area contributed by atoms with E-state index in [9.17, 15) is 9.59 Å². The molecule has 1 N–H and O–H groups in total. The molecular formula is C33H34N2O4. The fourth-order valence-electron chi connectivity index (χ4n) is 6.61. The molecule has 1 aromatic heterocycles. The Bertz CT molecular complexity index is 1490. The van der Waals surface area contributed by atoms with Crippen molar-refractivity contribution in [1.29, 1.82) is 0 Å². The molecule has 2 aromatic carbocycles.